The molecule has 0 aliphatic heterocycles. The minimum Gasteiger partial charge on any atom is -0.497 e. The van der Waals surface area contributed by atoms with Gasteiger partial charge in [0.2, 0.25) is 11.8 Å². The van der Waals surface area contributed by atoms with Crippen LogP contribution in [0.4, 0.5) is 15.8 Å². The molecule has 0 aliphatic rings. The second kappa shape index (κ2) is 8.10. The van der Waals surface area contributed by atoms with Crippen molar-refractivity contribution in [3.63, 3.8) is 0 Å². The lowest BCUT2D eigenvalue weighted by molar-refractivity contribution is -0.116. The van der Waals surface area contributed by atoms with E-state index in [4.69, 9.17) is 4.74 Å². The molecule has 24 heavy (non-hydrogen) atoms. The first kappa shape index (κ1) is 17.5. The Kier molecular flexibility index (Phi) is 5.89. The van der Waals surface area contributed by atoms with E-state index in [0.717, 1.165) is 11.3 Å². The van der Waals surface area contributed by atoms with Crippen molar-refractivity contribution in [3.05, 3.63) is 53.8 Å². The van der Waals surface area contributed by atoms with Crippen LogP contribution in [0.5, 0.6) is 5.75 Å². The average molecular weight is 330 g/mol. The molecule has 0 bridgehead atoms. The second-order valence-electron chi connectivity index (χ2n) is 5.27. The Hall–Kier alpha value is -2.89. The fraction of sp³-hybridized carbons (Fsp3) is 0.222. The van der Waals surface area contributed by atoms with Gasteiger partial charge >= 0.3 is 0 Å². The van der Waals surface area contributed by atoms with Crippen LogP contribution in [-0.4, -0.2) is 18.9 Å². The van der Waals surface area contributed by atoms with Crippen molar-refractivity contribution in [1.29, 1.82) is 0 Å². The summed E-state index contributed by atoms with van der Waals surface area (Å²) in [6.45, 7) is 1.29. The zero-order valence-electron chi connectivity index (χ0n) is 13.6. The van der Waals surface area contributed by atoms with Gasteiger partial charge in [0, 0.05) is 19.0 Å². The third-order valence-electron chi connectivity index (χ3n) is 3.36. The van der Waals surface area contributed by atoms with Crippen LogP contribution >= 0.6 is 0 Å². The zero-order chi connectivity index (χ0) is 17.5. The second-order valence-corrected chi connectivity index (χ2v) is 5.27. The molecule has 0 atom stereocenters. The molecule has 0 saturated heterocycles. The molecule has 0 aliphatic carbocycles. The maximum atomic E-state index is 13.6. The Bertz CT molecular complexity index is 730. The highest BCUT2D eigenvalue weighted by Crippen LogP contribution is 2.20. The predicted molar refractivity (Wildman–Crippen MR) is 90.6 cm³/mol. The zero-order valence-corrected chi connectivity index (χ0v) is 13.6. The fourth-order valence-electron chi connectivity index (χ4n) is 2.16. The molecule has 0 fully saturated rings. The number of methoxy groups -OCH3 is 1. The van der Waals surface area contributed by atoms with E-state index in [-0.39, 0.29) is 17.5 Å². The predicted octanol–water partition coefficient (Wildman–Crippen LogP) is 3.36. The van der Waals surface area contributed by atoms with Gasteiger partial charge in [-0.3, -0.25) is 9.59 Å². The quantitative estimate of drug-likeness (QED) is 0.853. The van der Waals surface area contributed by atoms with E-state index in [9.17, 15) is 14.0 Å². The molecule has 2 amide bonds. The number of aryl methyl sites for hydroxylation is 1. The number of halogens is 1. The Morgan fingerprint density at radius 3 is 2.42 bits per heavy atom. The third-order valence-corrected chi connectivity index (χ3v) is 3.36. The van der Waals surface area contributed by atoms with Crippen LogP contribution in [-0.2, 0) is 16.0 Å². The molecule has 2 rings (SSSR count). The molecular weight excluding hydrogens is 311 g/mol. The molecule has 126 valence electrons. The molecule has 2 aromatic carbocycles. The van der Waals surface area contributed by atoms with Crippen LogP contribution in [0.2, 0.25) is 0 Å². The van der Waals surface area contributed by atoms with Crippen molar-refractivity contribution in [2.45, 2.75) is 19.8 Å². The SMILES string of the molecule is COc1ccc(CCC(=O)Nc2ccc(F)c(NC(C)=O)c2)cc1. The van der Waals surface area contributed by atoms with Gasteiger partial charge in [-0.1, -0.05) is 12.1 Å². The maximum Gasteiger partial charge on any atom is 0.224 e. The van der Waals surface area contributed by atoms with E-state index in [1.54, 1.807) is 7.11 Å². The molecule has 0 radical (unpaired) electrons. The van der Waals surface area contributed by atoms with Crippen LogP contribution < -0.4 is 15.4 Å². The Morgan fingerprint density at radius 1 is 1.08 bits per heavy atom. The standard InChI is InChI=1S/C18H19FN2O3/c1-12(22)20-17-11-14(6-9-16(17)19)21-18(23)10-5-13-3-7-15(24-2)8-4-13/h3-4,6-9,11H,5,10H2,1-2H3,(H,20,22)(H,21,23). The van der Waals surface area contributed by atoms with Gasteiger partial charge in [0.05, 0.1) is 12.8 Å². The summed E-state index contributed by atoms with van der Waals surface area (Å²) >= 11 is 0. The molecule has 2 aromatic rings. The normalized spacial score (nSPS) is 10.1. The summed E-state index contributed by atoms with van der Waals surface area (Å²) in [4.78, 5) is 23.0. The minimum atomic E-state index is -0.554. The molecule has 0 heterocycles. The van der Waals surface area contributed by atoms with Crippen molar-refractivity contribution >= 4 is 23.2 Å². The minimum absolute atomic E-state index is 0.0375. The number of carbonyl (C=O) groups excluding carboxylic acids is 2. The summed E-state index contributed by atoms with van der Waals surface area (Å²) in [5, 5.41) is 5.07. The van der Waals surface area contributed by atoms with Gasteiger partial charge in [0.15, 0.2) is 0 Å². The van der Waals surface area contributed by atoms with Crippen molar-refractivity contribution in [2.24, 2.45) is 0 Å². The van der Waals surface area contributed by atoms with Gasteiger partial charge in [0.25, 0.3) is 0 Å². The smallest absolute Gasteiger partial charge is 0.224 e. The van der Waals surface area contributed by atoms with Gasteiger partial charge in [-0.25, -0.2) is 4.39 Å². The first-order valence-corrected chi connectivity index (χ1v) is 7.48. The van der Waals surface area contributed by atoms with Gasteiger partial charge in [-0.05, 0) is 42.3 Å². The molecule has 5 nitrogen and oxygen atoms in total. The van der Waals surface area contributed by atoms with Gasteiger partial charge in [-0.2, -0.15) is 0 Å². The summed E-state index contributed by atoms with van der Waals surface area (Å²) in [6, 6.07) is 11.5. The molecule has 0 unspecified atom stereocenters. The first-order valence-electron chi connectivity index (χ1n) is 7.48. The van der Waals surface area contributed by atoms with Gasteiger partial charge < -0.3 is 15.4 Å². The number of anilines is 2. The topological polar surface area (TPSA) is 67.4 Å². The monoisotopic (exact) mass is 330 g/mol. The molecule has 0 saturated carbocycles. The number of amides is 2. The number of ether oxygens (including phenoxy) is 1. The Labute approximate surface area is 139 Å². The lowest BCUT2D eigenvalue weighted by atomic mass is 10.1. The lowest BCUT2D eigenvalue weighted by Crippen LogP contribution is -2.13. The summed E-state index contributed by atoms with van der Waals surface area (Å²) in [7, 11) is 1.60. The number of benzene rings is 2. The number of nitrogens with one attached hydrogen (secondary N) is 2. The van der Waals surface area contributed by atoms with Crippen molar-refractivity contribution in [2.75, 3.05) is 17.7 Å². The highest BCUT2D eigenvalue weighted by atomic mass is 19.1. The van der Waals surface area contributed by atoms with Gasteiger partial charge in [0.1, 0.15) is 11.6 Å². The summed E-state index contributed by atoms with van der Waals surface area (Å²) in [6.07, 6.45) is 0.870. The first-order chi connectivity index (χ1) is 11.5. The molecular formula is C18H19FN2O3. The number of hydrogen-bond donors (Lipinski definition) is 2. The molecule has 0 aromatic heterocycles. The highest BCUT2D eigenvalue weighted by Gasteiger charge is 2.08. The Morgan fingerprint density at radius 2 is 1.79 bits per heavy atom. The van der Waals surface area contributed by atoms with E-state index in [1.165, 1.54) is 25.1 Å². The number of rotatable bonds is 6. The van der Waals surface area contributed by atoms with E-state index >= 15 is 0 Å². The summed E-state index contributed by atoms with van der Waals surface area (Å²) in [5.41, 5.74) is 1.49. The van der Waals surface area contributed by atoms with Crippen LogP contribution in [0.1, 0.15) is 18.9 Å². The molecule has 6 heteroatoms. The maximum absolute atomic E-state index is 13.6. The van der Waals surface area contributed by atoms with Crippen molar-refractivity contribution in [3.8, 4) is 5.75 Å². The van der Waals surface area contributed by atoms with E-state index in [2.05, 4.69) is 10.6 Å². The largest absolute Gasteiger partial charge is 0.497 e. The lowest BCUT2D eigenvalue weighted by Gasteiger charge is -2.09. The van der Waals surface area contributed by atoms with E-state index in [1.807, 2.05) is 24.3 Å². The third kappa shape index (κ3) is 5.08. The van der Waals surface area contributed by atoms with E-state index < -0.39 is 5.82 Å². The fourth-order valence-corrected chi connectivity index (χ4v) is 2.16. The average Bonchev–Trinajstić information content (AvgIpc) is 2.56. The van der Waals surface area contributed by atoms with Crippen LogP contribution in [0, 0.1) is 5.82 Å². The molecule has 0 spiro atoms. The van der Waals surface area contributed by atoms with Gasteiger partial charge in [-0.15, -0.1) is 0 Å². The highest BCUT2D eigenvalue weighted by molar-refractivity contribution is 5.93. The number of carbonyl (C=O) groups is 2. The number of hydrogen-bond acceptors (Lipinski definition) is 3. The van der Waals surface area contributed by atoms with Crippen molar-refractivity contribution in [1.82, 2.24) is 0 Å². The van der Waals surface area contributed by atoms with E-state index in [0.29, 0.717) is 18.5 Å². The van der Waals surface area contributed by atoms with Crippen LogP contribution in [0.15, 0.2) is 42.5 Å². The Balaban J connectivity index is 1.92. The van der Waals surface area contributed by atoms with Crippen molar-refractivity contribution < 1.29 is 18.7 Å². The summed E-state index contributed by atoms with van der Waals surface area (Å²) in [5.74, 6) is -0.357. The molecule has 2 N–H and O–H groups in total. The van der Waals surface area contributed by atoms with Crippen LogP contribution in [0.3, 0.4) is 0 Å². The van der Waals surface area contributed by atoms with Crippen LogP contribution in [0.25, 0.3) is 0 Å². The summed E-state index contributed by atoms with van der Waals surface area (Å²) < 4.78 is 18.6.